The summed E-state index contributed by atoms with van der Waals surface area (Å²) in [5, 5.41) is 12.7. The fraction of sp³-hybridized carbons (Fsp3) is 0.105. The van der Waals surface area contributed by atoms with Gasteiger partial charge in [0.1, 0.15) is 0 Å². The van der Waals surface area contributed by atoms with E-state index in [-0.39, 0.29) is 11.8 Å². The Balaban J connectivity index is 2.22. The van der Waals surface area contributed by atoms with Gasteiger partial charge < -0.3 is 16.0 Å². The van der Waals surface area contributed by atoms with E-state index in [1.807, 2.05) is 19.1 Å². The highest BCUT2D eigenvalue weighted by Gasteiger charge is 2.12. The second-order valence-corrected chi connectivity index (χ2v) is 6.58. The molecule has 0 saturated heterocycles. The first-order valence-electron chi connectivity index (χ1n) is 7.60. The highest BCUT2D eigenvalue weighted by molar-refractivity contribution is 14.1. The Bertz CT molecular complexity index is 859. The summed E-state index contributed by atoms with van der Waals surface area (Å²) in [6, 6.07) is 12.4. The molecule has 2 rings (SSSR count). The van der Waals surface area contributed by atoms with Gasteiger partial charge in [0, 0.05) is 26.6 Å². The molecular formula is C19H18IN3O2. The second kappa shape index (κ2) is 8.57. The number of rotatable bonds is 5. The van der Waals surface area contributed by atoms with Crippen molar-refractivity contribution in [1.82, 2.24) is 5.32 Å². The normalized spacial score (nSPS) is 10.9. The molecule has 0 bridgehead atoms. The Morgan fingerprint density at radius 1 is 1.12 bits per heavy atom. The molecule has 25 heavy (non-hydrogen) atoms. The molecule has 0 aliphatic rings. The first kappa shape index (κ1) is 18.9. The third-order valence-electron chi connectivity index (χ3n) is 3.55. The number of aryl methyl sites for hydroxylation is 1. The number of halogens is 1. The van der Waals surface area contributed by atoms with Crippen LogP contribution in [0.1, 0.15) is 33.2 Å². The van der Waals surface area contributed by atoms with Gasteiger partial charge in [0.2, 0.25) is 0 Å². The van der Waals surface area contributed by atoms with Crippen LogP contribution < -0.4 is 10.6 Å². The van der Waals surface area contributed by atoms with Gasteiger partial charge in [-0.15, -0.1) is 0 Å². The molecule has 0 atom stereocenters. The molecule has 0 aliphatic carbocycles. The molecule has 0 radical (unpaired) electrons. The quantitative estimate of drug-likeness (QED) is 0.476. The van der Waals surface area contributed by atoms with E-state index in [0.717, 1.165) is 15.3 Å². The van der Waals surface area contributed by atoms with Crippen LogP contribution >= 0.6 is 22.6 Å². The number of anilines is 1. The van der Waals surface area contributed by atoms with Gasteiger partial charge in [0.05, 0.1) is 5.70 Å². The van der Waals surface area contributed by atoms with E-state index in [0.29, 0.717) is 22.5 Å². The van der Waals surface area contributed by atoms with Crippen molar-refractivity contribution < 1.29 is 9.59 Å². The van der Waals surface area contributed by atoms with Crippen molar-refractivity contribution in [2.75, 3.05) is 5.32 Å². The van der Waals surface area contributed by atoms with Crippen molar-refractivity contribution in [1.29, 1.82) is 5.41 Å². The molecule has 0 unspecified atom stereocenters. The van der Waals surface area contributed by atoms with Gasteiger partial charge in [0.25, 0.3) is 11.8 Å². The monoisotopic (exact) mass is 447 g/mol. The fourth-order valence-electron chi connectivity index (χ4n) is 2.17. The van der Waals surface area contributed by atoms with Crippen LogP contribution in [0, 0.1) is 15.9 Å². The Hall–Kier alpha value is -2.48. The summed E-state index contributed by atoms with van der Waals surface area (Å²) in [6.07, 6.45) is 2.72. The van der Waals surface area contributed by atoms with E-state index in [9.17, 15) is 9.59 Å². The first-order valence-corrected chi connectivity index (χ1v) is 8.68. The lowest BCUT2D eigenvalue weighted by molar-refractivity contribution is 0.0965. The van der Waals surface area contributed by atoms with Crippen molar-refractivity contribution in [3.63, 3.8) is 0 Å². The van der Waals surface area contributed by atoms with Crippen molar-refractivity contribution in [3.05, 3.63) is 74.5 Å². The highest BCUT2D eigenvalue weighted by Crippen LogP contribution is 2.17. The second-order valence-electron chi connectivity index (χ2n) is 5.34. The van der Waals surface area contributed by atoms with Crippen LogP contribution in [0.5, 0.6) is 0 Å². The number of amides is 2. The molecule has 0 spiro atoms. The van der Waals surface area contributed by atoms with E-state index in [1.165, 1.54) is 0 Å². The maximum absolute atomic E-state index is 12.4. The summed E-state index contributed by atoms with van der Waals surface area (Å²) in [5.74, 6) is -0.554. The van der Waals surface area contributed by atoms with E-state index >= 15 is 0 Å². The maximum Gasteiger partial charge on any atom is 0.256 e. The van der Waals surface area contributed by atoms with Gasteiger partial charge >= 0.3 is 0 Å². The van der Waals surface area contributed by atoms with Crippen molar-refractivity contribution in [2.45, 2.75) is 13.8 Å². The number of hydrogen-bond acceptors (Lipinski definition) is 3. The average Bonchev–Trinajstić information content (AvgIpc) is 2.61. The zero-order valence-corrected chi connectivity index (χ0v) is 16.0. The van der Waals surface area contributed by atoms with Crippen LogP contribution in [0.2, 0.25) is 0 Å². The molecule has 2 aromatic rings. The van der Waals surface area contributed by atoms with Crippen LogP contribution in [0.15, 0.2) is 54.2 Å². The molecule has 3 N–H and O–H groups in total. The fourth-order valence-corrected chi connectivity index (χ4v) is 2.71. The molecule has 0 aliphatic heterocycles. The van der Waals surface area contributed by atoms with Gasteiger partial charge in [-0.05, 0) is 72.3 Å². The third kappa shape index (κ3) is 4.99. The number of carbonyl (C=O) groups excluding carboxylic acids is 2. The van der Waals surface area contributed by atoms with Gasteiger partial charge in [-0.2, -0.15) is 0 Å². The summed E-state index contributed by atoms with van der Waals surface area (Å²) >= 11 is 2.15. The minimum atomic E-state index is -0.320. The predicted molar refractivity (Wildman–Crippen MR) is 108 cm³/mol. The first-order chi connectivity index (χ1) is 11.9. The SMILES string of the molecule is C/C=C(\C=N)NC(=O)c1cc(NC(=O)c2cccc(I)c2)ccc1C. The molecular weight excluding hydrogens is 429 g/mol. The maximum atomic E-state index is 12.4. The minimum absolute atomic E-state index is 0.234. The number of benzene rings is 2. The molecule has 0 fully saturated rings. The van der Waals surface area contributed by atoms with Crippen LogP contribution in [-0.2, 0) is 0 Å². The van der Waals surface area contributed by atoms with Crippen molar-refractivity contribution in [2.24, 2.45) is 0 Å². The molecule has 0 aromatic heterocycles. The van der Waals surface area contributed by atoms with Crippen LogP contribution in [0.3, 0.4) is 0 Å². The lowest BCUT2D eigenvalue weighted by Crippen LogP contribution is -2.24. The average molecular weight is 447 g/mol. The molecule has 0 heterocycles. The Morgan fingerprint density at radius 3 is 2.52 bits per heavy atom. The smallest absolute Gasteiger partial charge is 0.256 e. The molecule has 0 saturated carbocycles. The van der Waals surface area contributed by atoms with Gasteiger partial charge in [-0.3, -0.25) is 9.59 Å². The lowest BCUT2D eigenvalue weighted by Gasteiger charge is -2.11. The summed E-state index contributed by atoms with van der Waals surface area (Å²) < 4.78 is 0.972. The Morgan fingerprint density at radius 2 is 1.88 bits per heavy atom. The Labute approximate surface area is 160 Å². The van der Waals surface area contributed by atoms with Crippen molar-refractivity contribution in [3.8, 4) is 0 Å². The third-order valence-corrected chi connectivity index (χ3v) is 4.22. The number of nitrogens with one attached hydrogen (secondary N) is 3. The Kier molecular flexibility index (Phi) is 6.46. The molecule has 2 amide bonds. The van der Waals surface area contributed by atoms with E-state index in [4.69, 9.17) is 5.41 Å². The lowest BCUT2D eigenvalue weighted by atomic mass is 10.1. The van der Waals surface area contributed by atoms with E-state index in [2.05, 4.69) is 33.2 Å². The highest BCUT2D eigenvalue weighted by atomic mass is 127. The topological polar surface area (TPSA) is 82.1 Å². The van der Waals surface area contributed by atoms with E-state index in [1.54, 1.807) is 43.3 Å². The largest absolute Gasteiger partial charge is 0.322 e. The van der Waals surface area contributed by atoms with Gasteiger partial charge in [-0.25, -0.2) is 0 Å². The van der Waals surface area contributed by atoms with Crippen LogP contribution in [0.25, 0.3) is 0 Å². The summed E-state index contributed by atoms with van der Waals surface area (Å²) in [5.41, 5.74) is 2.74. The molecule has 6 heteroatoms. The number of carbonyl (C=O) groups is 2. The summed E-state index contributed by atoms with van der Waals surface area (Å²) in [4.78, 5) is 24.7. The van der Waals surface area contributed by atoms with Gasteiger partial charge in [0.15, 0.2) is 0 Å². The van der Waals surface area contributed by atoms with Crippen molar-refractivity contribution >= 4 is 46.3 Å². The summed E-state index contributed by atoms with van der Waals surface area (Å²) in [6.45, 7) is 3.56. The number of allylic oxidation sites excluding steroid dienone is 2. The zero-order chi connectivity index (χ0) is 18.4. The van der Waals surface area contributed by atoms with E-state index < -0.39 is 0 Å². The molecule has 2 aromatic carbocycles. The van der Waals surface area contributed by atoms with Gasteiger partial charge in [-0.1, -0.05) is 18.2 Å². The predicted octanol–water partition coefficient (Wildman–Crippen LogP) is 4.14. The standard InChI is InChI=1S/C19H18IN3O2/c1-3-15(11-21)22-19(25)17-10-16(8-7-12(17)2)23-18(24)13-5-4-6-14(20)9-13/h3-11,21H,1-2H3,(H,22,25)(H,23,24)/b15-3+,21-11?. The molecule has 5 nitrogen and oxygen atoms in total. The molecule has 128 valence electrons. The zero-order valence-electron chi connectivity index (χ0n) is 13.9. The summed E-state index contributed by atoms with van der Waals surface area (Å²) in [7, 11) is 0. The minimum Gasteiger partial charge on any atom is -0.322 e. The number of hydrogen-bond donors (Lipinski definition) is 3. The van der Waals surface area contributed by atoms with Crippen LogP contribution in [0.4, 0.5) is 5.69 Å². The van der Waals surface area contributed by atoms with Crippen LogP contribution in [-0.4, -0.2) is 18.0 Å².